The lowest BCUT2D eigenvalue weighted by atomic mass is 10.0. The summed E-state index contributed by atoms with van der Waals surface area (Å²) in [6, 6.07) is 9.45. The van der Waals surface area contributed by atoms with Crippen LogP contribution in [0, 0.1) is 11.3 Å². The number of aryl methyl sites for hydroxylation is 1. The average Bonchev–Trinajstić information content (AvgIpc) is 3.21. The van der Waals surface area contributed by atoms with E-state index in [0.29, 0.717) is 17.2 Å². The zero-order chi connectivity index (χ0) is 18.0. The minimum absolute atomic E-state index is 0.00431. The Morgan fingerprint density at radius 1 is 1.44 bits per heavy atom. The number of benzene rings is 1. The Morgan fingerprint density at radius 3 is 2.88 bits per heavy atom. The lowest BCUT2D eigenvalue weighted by molar-refractivity contribution is 0.0704. The molecule has 1 fully saturated rings. The molecule has 2 aromatic rings. The van der Waals surface area contributed by atoms with Gasteiger partial charge in [0.05, 0.1) is 23.9 Å². The molecule has 1 saturated heterocycles. The fourth-order valence-corrected chi connectivity index (χ4v) is 3.64. The zero-order valence-corrected chi connectivity index (χ0v) is 14.9. The Hall–Kier alpha value is -2.65. The smallest absolute Gasteiger partial charge is 0.254 e. The van der Waals surface area contributed by atoms with Crippen LogP contribution in [0.5, 0.6) is 0 Å². The van der Waals surface area contributed by atoms with Crippen molar-refractivity contribution >= 4 is 5.91 Å². The number of aromatic nitrogens is 2. The fraction of sp³-hybridized carbons (Fsp3) is 0.421. The van der Waals surface area contributed by atoms with Crippen LogP contribution >= 0.6 is 0 Å². The predicted molar refractivity (Wildman–Crippen MR) is 95.0 cm³/mol. The van der Waals surface area contributed by atoms with Crippen LogP contribution in [0.2, 0.25) is 0 Å². The molecule has 6 nitrogen and oxygen atoms in total. The van der Waals surface area contributed by atoms with Crippen molar-refractivity contribution in [2.24, 2.45) is 7.05 Å². The van der Waals surface area contributed by atoms with E-state index in [4.69, 9.17) is 5.26 Å². The van der Waals surface area contributed by atoms with E-state index in [0.717, 1.165) is 24.9 Å². The summed E-state index contributed by atoms with van der Waals surface area (Å²) in [5, 5.41) is 13.3. The Bertz CT molecular complexity index is 804. The van der Waals surface area contributed by atoms with E-state index in [1.807, 2.05) is 24.3 Å². The maximum absolute atomic E-state index is 13.1. The highest BCUT2D eigenvalue weighted by Gasteiger charge is 2.38. The molecule has 130 valence electrons. The molecule has 1 aliphatic rings. The van der Waals surface area contributed by atoms with Crippen molar-refractivity contribution in [2.75, 3.05) is 20.6 Å². The van der Waals surface area contributed by atoms with Gasteiger partial charge in [-0.25, -0.2) is 0 Å². The van der Waals surface area contributed by atoms with Gasteiger partial charge in [0.25, 0.3) is 5.91 Å². The lowest BCUT2D eigenvalue weighted by Crippen LogP contribution is -2.45. The molecule has 1 aliphatic heterocycles. The molecule has 0 bridgehead atoms. The van der Waals surface area contributed by atoms with Crippen LogP contribution in [0.3, 0.4) is 0 Å². The summed E-state index contributed by atoms with van der Waals surface area (Å²) in [5.74, 6) is -0.00431. The highest BCUT2D eigenvalue weighted by Crippen LogP contribution is 2.26. The molecule has 6 heteroatoms. The lowest BCUT2D eigenvalue weighted by Gasteiger charge is -2.31. The molecular weight excluding hydrogens is 314 g/mol. The van der Waals surface area contributed by atoms with Gasteiger partial charge in [0.1, 0.15) is 0 Å². The summed E-state index contributed by atoms with van der Waals surface area (Å²) in [6.07, 6.45) is 5.59. The van der Waals surface area contributed by atoms with Crippen molar-refractivity contribution in [2.45, 2.75) is 24.9 Å². The summed E-state index contributed by atoms with van der Waals surface area (Å²) in [5.41, 5.74) is 2.22. The third kappa shape index (κ3) is 3.57. The second-order valence-electron chi connectivity index (χ2n) is 6.80. The Labute approximate surface area is 148 Å². The van der Waals surface area contributed by atoms with Gasteiger partial charge >= 0.3 is 0 Å². The van der Waals surface area contributed by atoms with Gasteiger partial charge in [-0.15, -0.1) is 0 Å². The second kappa shape index (κ2) is 7.08. The van der Waals surface area contributed by atoms with E-state index in [-0.39, 0.29) is 11.9 Å². The van der Waals surface area contributed by atoms with Crippen molar-refractivity contribution in [3.8, 4) is 6.07 Å². The summed E-state index contributed by atoms with van der Waals surface area (Å²) in [7, 11) is 6.02. The van der Waals surface area contributed by atoms with E-state index in [2.05, 4.69) is 30.2 Å². The van der Waals surface area contributed by atoms with Gasteiger partial charge in [-0.2, -0.15) is 10.4 Å². The minimum Gasteiger partial charge on any atom is -0.334 e. The summed E-state index contributed by atoms with van der Waals surface area (Å²) < 4.78 is 1.79. The monoisotopic (exact) mass is 337 g/mol. The van der Waals surface area contributed by atoms with E-state index in [9.17, 15) is 4.79 Å². The first-order chi connectivity index (χ1) is 12.0. The SMILES string of the molecule is CN(C)[C@@H]1CCN(C(=O)c2cccc(C#N)c2)[C@H]1Cc1cnn(C)c1. The first-order valence-corrected chi connectivity index (χ1v) is 8.44. The summed E-state index contributed by atoms with van der Waals surface area (Å²) >= 11 is 0. The Balaban J connectivity index is 1.87. The number of hydrogen-bond acceptors (Lipinski definition) is 4. The number of nitrogens with zero attached hydrogens (tertiary/aromatic N) is 5. The molecular formula is C19H23N5O. The highest BCUT2D eigenvalue weighted by atomic mass is 16.2. The molecule has 1 aromatic heterocycles. The third-order valence-electron chi connectivity index (χ3n) is 4.88. The zero-order valence-electron chi connectivity index (χ0n) is 14.9. The van der Waals surface area contributed by atoms with Crippen LogP contribution in [0.1, 0.15) is 27.9 Å². The first-order valence-electron chi connectivity index (χ1n) is 8.44. The summed E-state index contributed by atoms with van der Waals surface area (Å²) in [6.45, 7) is 0.726. The normalized spacial score (nSPS) is 20.0. The van der Waals surface area contributed by atoms with Crippen LogP contribution in [0.15, 0.2) is 36.7 Å². The maximum Gasteiger partial charge on any atom is 0.254 e. The van der Waals surface area contributed by atoms with E-state index < -0.39 is 0 Å². The third-order valence-corrected chi connectivity index (χ3v) is 4.88. The van der Waals surface area contributed by atoms with Crippen molar-refractivity contribution in [1.82, 2.24) is 19.6 Å². The number of likely N-dealkylation sites (tertiary alicyclic amines) is 1. The number of carbonyl (C=O) groups excluding carboxylic acids is 1. The molecule has 1 amide bonds. The molecule has 0 saturated carbocycles. The van der Waals surface area contributed by atoms with Crippen molar-refractivity contribution < 1.29 is 4.79 Å². The number of amides is 1. The predicted octanol–water partition coefficient (Wildman–Crippen LogP) is 1.68. The number of hydrogen-bond donors (Lipinski definition) is 0. The Morgan fingerprint density at radius 2 is 2.24 bits per heavy atom. The molecule has 3 rings (SSSR count). The molecule has 25 heavy (non-hydrogen) atoms. The van der Waals surface area contributed by atoms with Crippen LogP contribution < -0.4 is 0 Å². The quantitative estimate of drug-likeness (QED) is 0.851. The van der Waals surface area contributed by atoms with E-state index >= 15 is 0 Å². The number of carbonyl (C=O) groups is 1. The summed E-state index contributed by atoms with van der Waals surface area (Å²) in [4.78, 5) is 17.2. The minimum atomic E-state index is -0.00431. The topological polar surface area (TPSA) is 65.2 Å². The van der Waals surface area contributed by atoms with Crippen molar-refractivity contribution in [1.29, 1.82) is 5.26 Å². The largest absolute Gasteiger partial charge is 0.334 e. The molecule has 0 spiro atoms. The average molecular weight is 337 g/mol. The van der Waals surface area contributed by atoms with Crippen molar-refractivity contribution in [3.05, 3.63) is 53.3 Å². The first kappa shape index (κ1) is 17.2. The van der Waals surface area contributed by atoms with Gasteiger partial charge in [-0.1, -0.05) is 6.07 Å². The van der Waals surface area contributed by atoms with Gasteiger partial charge in [0, 0.05) is 31.4 Å². The highest BCUT2D eigenvalue weighted by molar-refractivity contribution is 5.95. The van der Waals surface area contributed by atoms with Crippen LogP contribution in [0.4, 0.5) is 0 Å². The molecule has 0 aliphatic carbocycles. The molecule has 1 aromatic carbocycles. The fourth-order valence-electron chi connectivity index (χ4n) is 3.64. The van der Waals surface area contributed by atoms with Crippen LogP contribution in [-0.4, -0.2) is 58.2 Å². The molecule has 2 heterocycles. The second-order valence-corrected chi connectivity index (χ2v) is 6.80. The van der Waals surface area contributed by atoms with E-state index in [1.165, 1.54) is 0 Å². The number of nitriles is 1. The number of rotatable bonds is 4. The van der Waals surface area contributed by atoms with Gasteiger partial charge in [-0.3, -0.25) is 9.48 Å². The molecule has 2 atom stereocenters. The van der Waals surface area contributed by atoms with Gasteiger partial charge in [0.2, 0.25) is 0 Å². The standard InChI is InChI=1S/C19H23N5O/c1-22(2)17-7-8-24(18(17)10-15-12-21-23(3)13-15)19(25)16-6-4-5-14(9-16)11-20/h4-6,9,12-13,17-18H,7-8,10H2,1-3H3/t17-,18+/m1/s1. The van der Waals surface area contributed by atoms with Gasteiger partial charge in [-0.05, 0) is 50.7 Å². The van der Waals surface area contributed by atoms with Gasteiger partial charge < -0.3 is 9.80 Å². The Kier molecular flexibility index (Phi) is 4.86. The van der Waals surface area contributed by atoms with Crippen LogP contribution in [-0.2, 0) is 13.5 Å². The van der Waals surface area contributed by atoms with Crippen LogP contribution in [0.25, 0.3) is 0 Å². The van der Waals surface area contributed by atoms with E-state index in [1.54, 1.807) is 28.9 Å². The molecule has 0 N–H and O–H groups in total. The maximum atomic E-state index is 13.1. The van der Waals surface area contributed by atoms with Crippen molar-refractivity contribution in [3.63, 3.8) is 0 Å². The molecule has 0 unspecified atom stereocenters. The van der Waals surface area contributed by atoms with Gasteiger partial charge in [0.15, 0.2) is 0 Å². The molecule has 0 radical (unpaired) electrons. The number of likely N-dealkylation sites (N-methyl/N-ethyl adjacent to an activating group) is 1.